The van der Waals surface area contributed by atoms with Gasteiger partial charge in [-0.3, -0.25) is 4.79 Å². The van der Waals surface area contributed by atoms with Gasteiger partial charge in [-0.25, -0.2) is 4.79 Å². The van der Waals surface area contributed by atoms with E-state index in [1.807, 2.05) is 6.92 Å². The summed E-state index contributed by atoms with van der Waals surface area (Å²) in [5.74, 6) is -0.176. The third kappa shape index (κ3) is 3.35. The van der Waals surface area contributed by atoms with Crippen LogP contribution < -0.4 is 0 Å². The Morgan fingerprint density at radius 1 is 1.12 bits per heavy atom. The van der Waals surface area contributed by atoms with E-state index in [1.165, 1.54) is 13.2 Å². The van der Waals surface area contributed by atoms with Gasteiger partial charge in [0.2, 0.25) is 0 Å². The number of benzene rings is 2. The number of hydrogen-bond donors (Lipinski definition) is 0. The van der Waals surface area contributed by atoms with Crippen molar-refractivity contribution in [1.29, 1.82) is 0 Å². The Labute approximate surface area is 160 Å². The maximum absolute atomic E-state index is 13.2. The lowest BCUT2D eigenvalue weighted by atomic mass is 9.97. The molecular formula is C20H16Cl2O4. The van der Waals surface area contributed by atoms with Crippen LogP contribution in [0, 0.1) is 0 Å². The smallest absolute Gasteiger partial charge is 0.337 e. The van der Waals surface area contributed by atoms with Crippen molar-refractivity contribution < 1.29 is 18.7 Å². The van der Waals surface area contributed by atoms with Gasteiger partial charge in [-0.15, -0.1) is 0 Å². The van der Waals surface area contributed by atoms with Crippen LogP contribution in [0.3, 0.4) is 0 Å². The van der Waals surface area contributed by atoms with Crippen molar-refractivity contribution in [2.75, 3.05) is 7.11 Å². The van der Waals surface area contributed by atoms with Gasteiger partial charge in [0, 0.05) is 22.4 Å². The second-order valence-electron chi connectivity index (χ2n) is 5.81. The van der Waals surface area contributed by atoms with E-state index in [2.05, 4.69) is 0 Å². The van der Waals surface area contributed by atoms with E-state index in [0.29, 0.717) is 44.9 Å². The van der Waals surface area contributed by atoms with Crippen LogP contribution in [0.4, 0.5) is 0 Å². The molecule has 134 valence electrons. The summed E-state index contributed by atoms with van der Waals surface area (Å²) in [4.78, 5) is 25.1. The van der Waals surface area contributed by atoms with Gasteiger partial charge in [0.15, 0.2) is 5.78 Å². The van der Waals surface area contributed by atoms with Gasteiger partial charge in [0.1, 0.15) is 11.3 Å². The molecule has 0 saturated carbocycles. The van der Waals surface area contributed by atoms with E-state index in [4.69, 9.17) is 32.4 Å². The number of carbonyl (C=O) groups is 2. The number of rotatable bonds is 5. The second kappa shape index (κ2) is 7.52. The topological polar surface area (TPSA) is 56.5 Å². The molecule has 6 heteroatoms. The molecule has 0 N–H and O–H groups in total. The minimum absolute atomic E-state index is 0.267. The molecule has 3 rings (SSSR count). The van der Waals surface area contributed by atoms with Crippen molar-refractivity contribution >= 4 is 45.9 Å². The van der Waals surface area contributed by atoms with E-state index in [1.54, 1.807) is 30.3 Å². The molecule has 2 aromatic carbocycles. The van der Waals surface area contributed by atoms with Crippen LogP contribution in [0.25, 0.3) is 11.0 Å². The van der Waals surface area contributed by atoms with Gasteiger partial charge in [-0.05, 0) is 42.8 Å². The van der Waals surface area contributed by atoms with Gasteiger partial charge >= 0.3 is 5.97 Å². The van der Waals surface area contributed by atoms with Crippen LogP contribution in [-0.2, 0) is 11.2 Å². The molecule has 0 aliphatic rings. The number of esters is 1. The van der Waals surface area contributed by atoms with Crippen molar-refractivity contribution in [1.82, 2.24) is 0 Å². The van der Waals surface area contributed by atoms with Crippen molar-refractivity contribution in [3.05, 3.63) is 68.9 Å². The van der Waals surface area contributed by atoms with E-state index in [0.717, 1.165) is 6.42 Å². The normalized spacial score (nSPS) is 10.9. The minimum Gasteiger partial charge on any atom is -0.465 e. The highest BCUT2D eigenvalue weighted by molar-refractivity contribution is 6.38. The lowest BCUT2D eigenvalue weighted by molar-refractivity contribution is 0.0600. The van der Waals surface area contributed by atoms with Gasteiger partial charge in [0.25, 0.3) is 0 Å². The molecule has 0 aliphatic carbocycles. The number of carbonyl (C=O) groups excluding carboxylic acids is 2. The Morgan fingerprint density at radius 2 is 1.88 bits per heavy atom. The number of aryl methyl sites for hydroxylation is 1. The first-order valence-corrected chi connectivity index (χ1v) is 8.85. The van der Waals surface area contributed by atoms with Crippen molar-refractivity contribution in [3.63, 3.8) is 0 Å². The SMILES string of the molecule is CCCc1oc2ccc(C(=O)OC)cc2c1C(=O)c1ccc(Cl)cc1Cl. The zero-order valence-corrected chi connectivity index (χ0v) is 15.8. The summed E-state index contributed by atoms with van der Waals surface area (Å²) in [7, 11) is 1.31. The third-order valence-corrected chi connectivity index (χ3v) is 4.61. The van der Waals surface area contributed by atoms with E-state index >= 15 is 0 Å². The number of hydrogen-bond acceptors (Lipinski definition) is 4. The predicted molar refractivity (Wildman–Crippen MR) is 101 cm³/mol. The van der Waals surface area contributed by atoms with Crippen LogP contribution in [0.5, 0.6) is 0 Å². The van der Waals surface area contributed by atoms with Gasteiger partial charge in [-0.2, -0.15) is 0 Å². The Morgan fingerprint density at radius 3 is 2.54 bits per heavy atom. The first-order valence-electron chi connectivity index (χ1n) is 8.09. The Kier molecular flexibility index (Phi) is 5.35. The summed E-state index contributed by atoms with van der Waals surface area (Å²) in [5.41, 5.74) is 1.63. The van der Waals surface area contributed by atoms with E-state index in [-0.39, 0.29) is 10.8 Å². The molecule has 1 heterocycles. The number of ether oxygens (including phenoxy) is 1. The molecule has 0 saturated heterocycles. The first kappa shape index (κ1) is 18.5. The van der Waals surface area contributed by atoms with Crippen LogP contribution in [-0.4, -0.2) is 18.9 Å². The molecule has 4 nitrogen and oxygen atoms in total. The fraction of sp³-hybridized carbons (Fsp3) is 0.200. The summed E-state index contributed by atoms with van der Waals surface area (Å²) in [6.45, 7) is 2.00. The molecule has 0 unspecified atom stereocenters. The minimum atomic E-state index is -0.479. The number of fused-ring (bicyclic) bond motifs is 1. The molecule has 1 aromatic heterocycles. The van der Waals surface area contributed by atoms with E-state index in [9.17, 15) is 9.59 Å². The molecule has 3 aromatic rings. The number of furan rings is 1. The zero-order valence-electron chi connectivity index (χ0n) is 14.3. The maximum atomic E-state index is 13.2. The van der Waals surface area contributed by atoms with Crippen LogP contribution in [0.1, 0.15) is 45.4 Å². The van der Waals surface area contributed by atoms with Gasteiger partial charge < -0.3 is 9.15 Å². The van der Waals surface area contributed by atoms with E-state index < -0.39 is 5.97 Å². The Balaban J connectivity index is 2.22. The fourth-order valence-electron chi connectivity index (χ4n) is 2.85. The fourth-order valence-corrected chi connectivity index (χ4v) is 3.35. The van der Waals surface area contributed by atoms with Crippen molar-refractivity contribution in [3.8, 4) is 0 Å². The lowest BCUT2D eigenvalue weighted by Crippen LogP contribution is -2.05. The molecule has 0 aliphatic heterocycles. The molecule has 0 radical (unpaired) electrons. The third-order valence-electron chi connectivity index (χ3n) is 4.06. The summed E-state index contributed by atoms with van der Waals surface area (Å²) in [6, 6.07) is 9.62. The van der Waals surface area contributed by atoms with Crippen LogP contribution >= 0.6 is 23.2 Å². The molecule has 26 heavy (non-hydrogen) atoms. The monoisotopic (exact) mass is 390 g/mol. The summed E-state index contributed by atoms with van der Waals surface area (Å²) >= 11 is 12.1. The quantitative estimate of drug-likeness (QED) is 0.413. The number of halogens is 2. The Bertz CT molecular complexity index is 1000. The molecule has 0 bridgehead atoms. The van der Waals surface area contributed by atoms with Crippen molar-refractivity contribution in [2.24, 2.45) is 0 Å². The molecule has 0 fully saturated rings. The van der Waals surface area contributed by atoms with Crippen molar-refractivity contribution in [2.45, 2.75) is 19.8 Å². The highest BCUT2D eigenvalue weighted by Gasteiger charge is 2.24. The summed E-state index contributed by atoms with van der Waals surface area (Å²) in [6.07, 6.45) is 1.40. The lowest BCUT2D eigenvalue weighted by Gasteiger charge is -2.05. The second-order valence-corrected chi connectivity index (χ2v) is 6.65. The molecule has 0 amide bonds. The van der Waals surface area contributed by atoms with Crippen LogP contribution in [0.15, 0.2) is 40.8 Å². The van der Waals surface area contributed by atoms with Gasteiger partial charge in [-0.1, -0.05) is 30.1 Å². The highest BCUT2D eigenvalue weighted by atomic mass is 35.5. The number of ketones is 1. The summed E-state index contributed by atoms with van der Waals surface area (Å²) < 4.78 is 10.6. The highest BCUT2D eigenvalue weighted by Crippen LogP contribution is 2.32. The van der Waals surface area contributed by atoms with Gasteiger partial charge in [0.05, 0.1) is 23.3 Å². The summed E-state index contributed by atoms with van der Waals surface area (Å²) in [5, 5.41) is 1.28. The average molecular weight is 391 g/mol. The largest absolute Gasteiger partial charge is 0.465 e. The molecule has 0 spiro atoms. The first-order chi connectivity index (χ1) is 12.5. The molecule has 0 atom stereocenters. The standard InChI is InChI=1S/C20H16Cl2O4/c1-3-4-17-18(19(23)13-7-6-12(21)10-15(13)22)14-9-11(20(24)25-2)5-8-16(14)26-17/h5-10H,3-4H2,1-2H3. The molecular weight excluding hydrogens is 375 g/mol. The zero-order chi connectivity index (χ0) is 18.8. The number of methoxy groups -OCH3 is 1. The van der Waals surface area contributed by atoms with Crippen LogP contribution in [0.2, 0.25) is 10.0 Å². The average Bonchev–Trinajstić information content (AvgIpc) is 2.98. The predicted octanol–water partition coefficient (Wildman–Crippen LogP) is 5.71. The Hall–Kier alpha value is -2.30. The maximum Gasteiger partial charge on any atom is 0.337 e.